The predicted octanol–water partition coefficient (Wildman–Crippen LogP) is 5.89. The lowest BCUT2D eigenvalue weighted by Gasteiger charge is -2.14. The standard InChI is InChI=1S/C22H16BrClFNO4S/c1-3-7-30-20-16(23)8-13(9-18(20)29-4-2)10-19-21(27)26(22(28)31-19)12-14-5-6-15(25)11-17(14)24/h1,5-6,8-11H,4,7,12H2,2H3/b19-10-. The molecule has 1 heterocycles. The van der Waals surface area contributed by atoms with Crippen molar-refractivity contribution >= 4 is 56.5 Å². The van der Waals surface area contributed by atoms with Crippen molar-refractivity contribution in [1.82, 2.24) is 4.90 Å². The lowest BCUT2D eigenvalue weighted by atomic mass is 10.1. The number of hydrogen-bond acceptors (Lipinski definition) is 5. The largest absolute Gasteiger partial charge is 0.490 e. The molecular weight excluding hydrogens is 509 g/mol. The Hall–Kier alpha value is -2.47. The van der Waals surface area contributed by atoms with Crippen LogP contribution >= 0.6 is 39.3 Å². The number of carbonyl (C=O) groups excluding carboxylic acids is 2. The normalized spacial score (nSPS) is 14.8. The van der Waals surface area contributed by atoms with E-state index in [1.54, 1.807) is 18.2 Å². The molecule has 0 aromatic heterocycles. The van der Waals surface area contributed by atoms with E-state index in [2.05, 4.69) is 21.9 Å². The van der Waals surface area contributed by atoms with Crippen LogP contribution in [-0.4, -0.2) is 29.3 Å². The molecule has 0 unspecified atom stereocenters. The van der Waals surface area contributed by atoms with Crippen LogP contribution in [0.25, 0.3) is 6.08 Å². The summed E-state index contributed by atoms with van der Waals surface area (Å²) in [7, 11) is 0. The Bertz CT molecular complexity index is 1120. The Kier molecular flexibility index (Phi) is 7.65. The van der Waals surface area contributed by atoms with Crippen LogP contribution in [0.3, 0.4) is 0 Å². The van der Waals surface area contributed by atoms with Gasteiger partial charge < -0.3 is 9.47 Å². The fourth-order valence-electron chi connectivity index (χ4n) is 2.80. The zero-order valence-electron chi connectivity index (χ0n) is 16.3. The maximum absolute atomic E-state index is 13.3. The van der Waals surface area contributed by atoms with Crippen molar-refractivity contribution in [1.29, 1.82) is 0 Å². The minimum Gasteiger partial charge on any atom is -0.490 e. The molecule has 2 amide bonds. The van der Waals surface area contributed by atoms with Crippen LogP contribution in [0.2, 0.25) is 5.02 Å². The van der Waals surface area contributed by atoms with Crippen LogP contribution in [0.5, 0.6) is 11.5 Å². The first-order valence-electron chi connectivity index (χ1n) is 9.06. The molecule has 1 aliphatic heterocycles. The first-order valence-corrected chi connectivity index (χ1v) is 11.0. The highest BCUT2D eigenvalue weighted by atomic mass is 79.9. The first-order chi connectivity index (χ1) is 14.8. The van der Waals surface area contributed by atoms with Crippen LogP contribution in [0, 0.1) is 18.2 Å². The minimum absolute atomic E-state index is 0.0477. The summed E-state index contributed by atoms with van der Waals surface area (Å²) in [5.41, 5.74) is 1.11. The Labute approximate surface area is 196 Å². The summed E-state index contributed by atoms with van der Waals surface area (Å²) in [6.45, 7) is 2.26. The third kappa shape index (κ3) is 5.42. The molecule has 0 bridgehead atoms. The minimum atomic E-state index is -0.492. The number of imide groups is 1. The van der Waals surface area contributed by atoms with Crippen molar-refractivity contribution < 1.29 is 23.5 Å². The fourth-order valence-corrected chi connectivity index (χ4v) is 4.44. The molecular formula is C22H16BrClFNO4S. The third-order valence-corrected chi connectivity index (χ3v) is 5.99. The number of terminal acetylenes is 1. The van der Waals surface area contributed by atoms with E-state index in [-0.39, 0.29) is 23.1 Å². The lowest BCUT2D eigenvalue weighted by molar-refractivity contribution is -0.123. The maximum Gasteiger partial charge on any atom is 0.293 e. The summed E-state index contributed by atoms with van der Waals surface area (Å²) in [5, 5.41) is -0.286. The highest BCUT2D eigenvalue weighted by molar-refractivity contribution is 9.10. The number of amides is 2. The van der Waals surface area contributed by atoms with Crippen molar-refractivity contribution in [3.8, 4) is 23.8 Å². The molecule has 5 nitrogen and oxygen atoms in total. The number of thioether (sulfide) groups is 1. The van der Waals surface area contributed by atoms with Crippen molar-refractivity contribution in [2.24, 2.45) is 0 Å². The summed E-state index contributed by atoms with van der Waals surface area (Å²) >= 11 is 10.3. The van der Waals surface area contributed by atoms with Gasteiger partial charge >= 0.3 is 0 Å². The number of carbonyl (C=O) groups is 2. The second-order valence-electron chi connectivity index (χ2n) is 6.26. The molecule has 1 fully saturated rings. The Morgan fingerprint density at radius 1 is 1.29 bits per heavy atom. The van der Waals surface area contributed by atoms with E-state index in [0.29, 0.717) is 33.7 Å². The monoisotopic (exact) mass is 523 g/mol. The number of nitrogens with zero attached hydrogens (tertiary/aromatic N) is 1. The van der Waals surface area contributed by atoms with Gasteiger partial charge in [-0.3, -0.25) is 14.5 Å². The lowest BCUT2D eigenvalue weighted by Crippen LogP contribution is -2.27. The van der Waals surface area contributed by atoms with E-state index in [1.807, 2.05) is 6.92 Å². The van der Waals surface area contributed by atoms with Gasteiger partial charge in [0.05, 0.1) is 22.5 Å². The van der Waals surface area contributed by atoms with Gasteiger partial charge in [-0.2, -0.15) is 0 Å². The van der Waals surface area contributed by atoms with Gasteiger partial charge in [-0.05, 0) is 76.1 Å². The highest BCUT2D eigenvalue weighted by Gasteiger charge is 2.35. The molecule has 0 saturated carbocycles. The van der Waals surface area contributed by atoms with Crippen molar-refractivity contribution in [2.75, 3.05) is 13.2 Å². The molecule has 0 N–H and O–H groups in total. The van der Waals surface area contributed by atoms with E-state index in [1.165, 1.54) is 12.1 Å². The molecule has 2 aromatic rings. The molecule has 31 heavy (non-hydrogen) atoms. The predicted molar refractivity (Wildman–Crippen MR) is 123 cm³/mol. The maximum atomic E-state index is 13.3. The number of halogens is 3. The number of hydrogen-bond donors (Lipinski definition) is 0. The summed E-state index contributed by atoms with van der Waals surface area (Å²) in [5.74, 6) is 2.35. The summed E-state index contributed by atoms with van der Waals surface area (Å²) in [4.78, 5) is 26.5. The van der Waals surface area contributed by atoms with Gasteiger partial charge in [0.2, 0.25) is 0 Å². The van der Waals surface area contributed by atoms with Gasteiger partial charge in [0.1, 0.15) is 12.4 Å². The average molecular weight is 525 g/mol. The molecule has 0 spiro atoms. The van der Waals surface area contributed by atoms with Gasteiger partial charge in [-0.15, -0.1) is 6.42 Å². The topological polar surface area (TPSA) is 55.8 Å². The van der Waals surface area contributed by atoms with Crippen molar-refractivity contribution in [3.63, 3.8) is 0 Å². The smallest absolute Gasteiger partial charge is 0.293 e. The average Bonchev–Trinajstić information content (AvgIpc) is 2.97. The molecule has 2 aromatic carbocycles. The molecule has 160 valence electrons. The third-order valence-electron chi connectivity index (χ3n) is 4.15. The summed E-state index contributed by atoms with van der Waals surface area (Å²) in [6.07, 6.45) is 6.85. The zero-order chi connectivity index (χ0) is 22.5. The zero-order valence-corrected chi connectivity index (χ0v) is 19.4. The van der Waals surface area contributed by atoms with E-state index in [9.17, 15) is 14.0 Å². The second-order valence-corrected chi connectivity index (χ2v) is 8.51. The Balaban J connectivity index is 1.87. The summed E-state index contributed by atoms with van der Waals surface area (Å²) < 4.78 is 25.0. The molecule has 9 heteroatoms. The highest BCUT2D eigenvalue weighted by Crippen LogP contribution is 2.39. The molecule has 1 aliphatic rings. The molecule has 1 saturated heterocycles. The Morgan fingerprint density at radius 2 is 2.06 bits per heavy atom. The molecule has 0 atom stereocenters. The van der Waals surface area contributed by atoms with E-state index < -0.39 is 17.0 Å². The summed E-state index contributed by atoms with van der Waals surface area (Å²) in [6, 6.07) is 7.25. The van der Waals surface area contributed by atoms with Crippen LogP contribution in [-0.2, 0) is 11.3 Å². The van der Waals surface area contributed by atoms with Crippen molar-refractivity contribution in [2.45, 2.75) is 13.5 Å². The molecule has 0 radical (unpaired) electrons. The van der Waals surface area contributed by atoms with E-state index >= 15 is 0 Å². The van der Waals surface area contributed by atoms with E-state index in [0.717, 1.165) is 22.7 Å². The fraction of sp³-hybridized carbons (Fsp3) is 0.182. The van der Waals surface area contributed by atoms with E-state index in [4.69, 9.17) is 27.5 Å². The molecule has 3 rings (SSSR count). The van der Waals surface area contributed by atoms with Gasteiger partial charge in [0, 0.05) is 5.02 Å². The van der Waals surface area contributed by atoms with Gasteiger partial charge in [0.25, 0.3) is 11.1 Å². The van der Waals surface area contributed by atoms with Gasteiger partial charge in [-0.25, -0.2) is 4.39 Å². The number of benzene rings is 2. The van der Waals surface area contributed by atoms with Crippen LogP contribution in [0.1, 0.15) is 18.1 Å². The molecule has 0 aliphatic carbocycles. The van der Waals surface area contributed by atoms with Gasteiger partial charge in [-0.1, -0.05) is 23.6 Å². The van der Waals surface area contributed by atoms with Gasteiger partial charge in [0.15, 0.2) is 11.5 Å². The quantitative estimate of drug-likeness (QED) is 0.334. The van der Waals surface area contributed by atoms with Crippen LogP contribution in [0.15, 0.2) is 39.7 Å². The number of rotatable bonds is 7. The second kappa shape index (κ2) is 10.2. The SMILES string of the molecule is C#CCOc1c(Br)cc(/C=C2\SC(=O)N(Cc3ccc(F)cc3Cl)C2=O)cc1OCC. The Morgan fingerprint density at radius 3 is 2.74 bits per heavy atom. The first kappa shape index (κ1) is 23.2. The van der Waals surface area contributed by atoms with Crippen LogP contribution in [0.4, 0.5) is 9.18 Å². The van der Waals surface area contributed by atoms with Crippen LogP contribution < -0.4 is 9.47 Å². The van der Waals surface area contributed by atoms with Crippen molar-refractivity contribution in [3.05, 3.63) is 61.7 Å². The number of ether oxygens (including phenoxy) is 2.